The van der Waals surface area contributed by atoms with Crippen molar-refractivity contribution in [2.24, 2.45) is 0 Å². The number of nitrogens with zero attached hydrogens (tertiary/aromatic N) is 2. The summed E-state index contributed by atoms with van der Waals surface area (Å²) >= 11 is 1.41. The highest BCUT2D eigenvalue weighted by molar-refractivity contribution is 7.88. The maximum Gasteiger partial charge on any atom is 0.244 e. The zero-order chi connectivity index (χ0) is 17.5. The Morgan fingerprint density at radius 3 is 2.71 bits per heavy atom. The van der Waals surface area contributed by atoms with Crippen LogP contribution in [0.3, 0.4) is 0 Å². The van der Waals surface area contributed by atoms with Crippen molar-refractivity contribution in [1.82, 2.24) is 9.29 Å². The molecule has 1 aliphatic heterocycles. The molecule has 1 aliphatic rings. The van der Waals surface area contributed by atoms with Crippen molar-refractivity contribution >= 4 is 42.6 Å². The van der Waals surface area contributed by atoms with Gasteiger partial charge in [-0.15, -0.1) is 0 Å². The number of carbonyl (C=O) groups is 1. The number of benzene rings is 1. The first-order valence-corrected chi connectivity index (χ1v) is 10.6. The second kappa shape index (κ2) is 6.42. The van der Waals surface area contributed by atoms with E-state index in [1.807, 2.05) is 19.9 Å². The molecule has 2 heterocycles. The van der Waals surface area contributed by atoms with E-state index in [9.17, 15) is 13.2 Å². The molecule has 24 heavy (non-hydrogen) atoms. The largest absolute Gasteiger partial charge is 0.301 e. The molecular formula is C16H21N3O3S2. The lowest BCUT2D eigenvalue weighted by Gasteiger charge is -2.32. The first-order chi connectivity index (χ1) is 11.3. The van der Waals surface area contributed by atoms with Gasteiger partial charge in [0.05, 0.1) is 16.5 Å². The van der Waals surface area contributed by atoms with Crippen molar-refractivity contribution in [2.75, 3.05) is 18.1 Å². The van der Waals surface area contributed by atoms with E-state index in [0.717, 1.165) is 34.9 Å². The number of carbonyl (C=O) groups excluding carboxylic acids is 1. The predicted molar refractivity (Wildman–Crippen MR) is 96.9 cm³/mol. The monoisotopic (exact) mass is 367 g/mol. The number of fused-ring (bicyclic) bond motifs is 1. The smallest absolute Gasteiger partial charge is 0.244 e. The van der Waals surface area contributed by atoms with E-state index < -0.39 is 16.1 Å². The number of piperidine rings is 1. The van der Waals surface area contributed by atoms with Crippen molar-refractivity contribution in [3.05, 3.63) is 23.3 Å². The number of aromatic nitrogens is 1. The molecule has 1 N–H and O–H groups in total. The van der Waals surface area contributed by atoms with E-state index >= 15 is 0 Å². The molecule has 0 spiro atoms. The van der Waals surface area contributed by atoms with Crippen molar-refractivity contribution in [2.45, 2.75) is 39.2 Å². The minimum absolute atomic E-state index is 0.298. The average molecular weight is 367 g/mol. The molecule has 0 saturated carbocycles. The topological polar surface area (TPSA) is 79.4 Å². The lowest BCUT2D eigenvalue weighted by atomic mass is 10.0. The Bertz CT molecular complexity index is 850. The third-order valence-corrected chi connectivity index (χ3v) is 6.64. The van der Waals surface area contributed by atoms with Crippen LogP contribution in [-0.4, -0.2) is 42.5 Å². The number of sulfonamides is 1. The molecule has 130 valence electrons. The summed E-state index contributed by atoms with van der Waals surface area (Å²) in [7, 11) is -3.39. The lowest BCUT2D eigenvalue weighted by molar-refractivity contribution is -0.120. The minimum Gasteiger partial charge on any atom is -0.301 e. The summed E-state index contributed by atoms with van der Waals surface area (Å²) in [5, 5.41) is 3.32. The van der Waals surface area contributed by atoms with Crippen molar-refractivity contribution in [1.29, 1.82) is 0 Å². The fourth-order valence-electron chi connectivity index (χ4n) is 2.99. The third-order valence-electron chi connectivity index (χ3n) is 4.42. The van der Waals surface area contributed by atoms with E-state index in [4.69, 9.17) is 0 Å². The molecule has 1 unspecified atom stereocenters. The predicted octanol–water partition coefficient (Wildman–Crippen LogP) is 2.67. The second-order valence-electron chi connectivity index (χ2n) is 6.30. The highest BCUT2D eigenvalue weighted by atomic mass is 32.2. The molecule has 1 aromatic heterocycles. The van der Waals surface area contributed by atoms with Crippen LogP contribution in [0.4, 0.5) is 5.13 Å². The standard InChI is InChI=1S/C16H21N3O3S2/c1-10-8-12-14(9-11(10)2)23-16(17-12)18-15(20)13-6-4-5-7-19(13)24(3,21)22/h8-9,13H,4-7H2,1-3H3,(H,17,18,20). The quantitative estimate of drug-likeness (QED) is 0.904. The van der Waals surface area contributed by atoms with Gasteiger partial charge in [-0.3, -0.25) is 4.79 Å². The van der Waals surface area contributed by atoms with Gasteiger partial charge in [0.2, 0.25) is 15.9 Å². The Hall–Kier alpha value is -1.51. The maximum atomic E-state index is 12.6. The van der Waals surface area contributed by atoms with Crippen LogP contribution in [-0.2, 0) is 14.8 Å². The van der Waals surface area contributed by atoms with Crippen molar-refractivity contribution in [3.63, 3.8) is 0 Å². The van der Waals surface area contributed by atoms with E-state index in [-0.39, 0.29) is 5.91 Å². The number of amides is 1. The minimum atomic E-state index is -3.39. The van der Waals surface area contributed by atoms with Gasteiger partial charge in [-0.2, -0.15) is 4.31 Å². The molecule has 1 aromatic carbocycles. The normalized spacial score (nSPS) is 19.5. The number of hydrogen-bond acceptors (Lipinski definition) is 5. The second-order valence-corrected chi connectivity index (χ2v) is 9.26. The molecule has 0 radical (unpaired) electrons. The SMILES string of the molecule is Cc1cc2nc(NC(=O)C3CCCCN3S(C)(=O)=O)sc2cc1C. The Kier molecular flexibility index (Phi) is 4.63. The van der Waals surface area contributed by atoms with E-state index in [0.29, 0.717) is 18.1 Å². The van der Waals surface area contributed by atoms with Crippen LogP contribution in [0.15, 0.2) is 12.1 Å². The number of hydrogen-bond donors (Lipinski definition) is 1. The third kappa shape index (κ3) is 3.45. The van der Waals surface area contributed by atoms with Crippen molar-refractivity contribution in [3.8, 4) is 0 Å². The fourth-order valence-corrected chi connectivity index (χ4v) is 5.06. The fraction of sp³-hybridized carbons (Fsp3) is 0.500. The number of anilines is 1. The molecule has 1 amide bonds. The Morgan fingerprint density at radius 1 is 1.29 bits per heavy atom. The van der Waals surface area contributed by atoms with Gasteiger partial charge in [-0.25, -0.2) is 13.4 Å². The molecule has 1 saturated heterocycles. The molecular weight excluding hydrogens is 346 g/mol. The summed E-state index contributed by atoms with van der Waals surface area (Å²) in [5.74, 6) is -0.298. The summed E-state index contributed by atoms with van der Waals surface area (Å²) in [6.07, 6.45) is 3.34. The summed E-state index contributed by atoms with van der Waals surface area (Å²) in [5.41, 5.74) is 3.18. The van der Waals surface area contributed by atoms with Gasteiger partial charge in [0.15, 0.2) is 5.13 Å². The molecule has 8 heteroatoms. The highest BCUT2D eigenvalue weighted by Crippen LogP contribution is 2.29. The first kappa shape index (κ1) is 17.3. The van der Waals surface area contributed by atoms with Crippen LogP contribution in [0.25, 0.3) is 10.2 Å². The zero-order valence-corrected chi connectivity index (χ0v) is 15.6. The number of nitrogens with one attached hydrogen (secondary N) is 1. The lowest BCUT2D eigenvalue weighted by Crippen LogP contribution is -2.49. The van der Waals surface area contributed by atoms with Gasteiger partial charge in [-0.1, -0.05) is 17.8 Å². The Labute approximate surface area is 145 Å². The summed E-state index contributed by atoms with van der Waals surface area (Å²) < 4.78 is 26.1. The van der Waals surface area contributed by atoms with Crippen LogP contribution in [0.2, 0.25) is 0 Å². The Balaban J connectivity index is 1.83. The van der Waals surface area contributed by atoms with Crippen LogP contribution in [0.1, 0.15) is 30.4 Å². The summed E-state index contributed by atoms with van der Waals surface area (Å²) in [6, 6.07) is 3.41. The van der Waals surface area contributed by atoms with Crippen molar-refractivity contribution < 1.29 is 13.2 Å². The Morgan fingerprint density at radius 2 is 2.00 bits per heavy atom. The van der Waals surface area contributed by atoms with Gasteiger partial charge in [-0.05, 0) is 49.9 Å². The van der Waals surface area contributed by atoms with Crippen LogP contribution in [0, 0.1) is 13.8 Å². The summed E-state index contributed by atoms with van der Waals surface area (Å²) in [6.45, 7) is 4.46. The van der Waals surface area contributed by atoms with Gasteiger partial charge in [0.25, 0.3) is 0 Å². The van der Waals surface area contributed by atoms with E-state index in [1.54, 1.807) is 0 Å². The molecule has 6 nitrogen and oxygen atoms in total. The van der Waals surface area contributed by atoms with Gasteiger partial charge in [0.1, 0.15) is 6.04 Å². The summed E-state index contributed by atoms with van der Waals surface area (Å²) in [4.78, 5) is 17.0. The zero-order valence-electron chi connectivity index (χ0n) is 14.0. The molecule has 1 atom stereocenters. The van der Waals surface area contributed by atoms with Crippen LogP contribution >= 0.6 is 11.3 Å². The van der Waals surface area contributed by atoms with Crippen LogP contribution in [0.5, 0.6) is 0 Å². The van der Waals surface area contributed by atoms with E-state index in [2.05, 4.69) is 16.4 Å². The molecule has 1 fully saturated rings. The molecule has 0 aliphatic carbocycles. The van der Waals surface area contributed by atoms with Gasteiger partial charge in [0, 0.05) is 6.54 Å². The van der Waals surface area contributed by atoms with E-state index in [1.165, 1.54) is 21.2 Å². The molecule has 3 rings (SSSR count). The average Bonchev–Trinajstić information content (AvgIpc) is 2.88. The number of rotatable bonds is 3. The maximum absolute atomic E-state index is 12.6. The molecule has 0 bridgehead atoms. The number of aryl methyl sites for hydroxylation is 2. The van der Waals surface area contributed by atoms with Gasteiger partial charge >= 0.3 is 0 Å². The highest BCUT2D eigenvalue weighted by Gasteiger charge is 2.34. The van der Waals surface area contributed by atoms with Crippen LogP contribution < -0.4 is 5.32 Å². The van der Waals surface area contributed by atoms with Gasteiger partial charge < -0.3 is 5.32 Å². The first-order valence-electron chi connectivity index (χ1n) is 7.91. The number of thiazole rings is 1. The molecule has 2 aromatic rings.